The highest BCUT2D eigenvalue weighted by molar-refractivity contribution is 9.10. The zero-order valence-corrected chi connectivity index (χ0v) is 19.7. The maximum Gasteiger partial charge on any atom is 0.192 e. The first-order chi connectivity index (χ1) is 12.7. The Hall–Kier alpha value is -0.963. The molecule has 0 spiro atoms. The minimum Gasteiger partial charge on any atom is -0.415 e. The maximum absolute atomic E-state index is 6.47. The third-order valence-electron chi connectivity index (χ3n) is 5.97. The van der Waals surface area contributed by atoms with Crippen molar-refractivity contribution in [2.45, 2.75) is 57.8 Å². The fraction of sp³-hybridized carbons (Fsp3) is 0.684. The molecule has 0 radical (unpaired) electrons. The average molecular weight is 454 g/mol. The molecule has 2 aromatic rings. The number of anilines is 1. The van der Waals surface area contributed by atoms with Crippen molar-refractivity contribution in [3.05, 3.63) is 22.9 Å². The van der Waals surface area contributed by atoms with Gasteiger partial charge in [0.05, 0.1) is 10.7 Å². The Morgan fingerprint density at radius 2 is 2.15 bits per heavy atom. The molecular formula is C19H32BrN5OSi. The van der Waals surface area contributed by atoms with Crippen LogP contribution in [0, 0.1) is 0 Å². The number of hydrogen-bond acceptors (Lipinski definition) is 5. The smallest absolute Gasteiger partial charge is 0.192 e. The van der Waals surface area contributed by atoms with Crippen molar-refractivity contribution in [2.24, 2.45) is 0 Å². The van der Waals surface area contributed by atoms with E-state index in [1.165, 1.54) is 12.8 Å². The van der Waals surface area contributed by atoms with E-state index in [0.29, 0.717) is 6.04 Å². The van der Waals surface area contributed by atoms with E-state index < -0.39 is 8.32 Å². The fourth-order valence-corrected chi connectivity index (χ4v) is 4.57. The third-order valence-corrected chi connectivity index (χ3v) is 11.0. The van der Waals surface area contributed by atoms with Crippen molar-refractivity contribution < 1.29 is 4.43 Å². The quantitative estimate of drug-likeness (QED) is 0.629. The molecule has 2 aromatic heterocycles. The Balaban J connectivity index is 1.50. The van der Waals surface area contributed by atoms with Gasteiger partial charge in [-0.3, -0.25) is 4.90 Å². The first-order valence-corrected chi connectivity index (χ1v) is 13.5. The third kappa shape index (κ3) is 4.91. The number of likely N-dealkylation sites (tertiary alicyclic amines) is 1. The van der Waals surface area contributed by atoms with Crippen molar-refractivity contribution in [1.82, 2.24) is 19.5 Å². The number of nitrogens with one attached hydrogen (secondary N) is 1. The lowest BCUT2D eigenvalue weighted by atomic mass is 10.2. The fourth-order valence-electron chi connectivity index (χ4n) is 3.17. The highest BCUT2D eigenvalue weighted by Crippen LogP contribution is 2.37. The zero-order chi connectivity index (χ0) is 19.7. The van der Waals surface area contributed by atoms with E-state index >= 15 is 0 Å². The molecule has 1 aliphatic heterocycles. The molecule has 6 nitrogen and oxygen atoms in total. The molecule has 0 amide bonds. The lowest BCUT2D eigenvalue weighted by Crippen LogP contribution is -2.45. The van der Waals surface area contributed by atoms with Crippen LogP contribution in [0.3, 0.4) is 0 Å². The molecule has 1 N–H and O–H groups in total. The number of rotatable bonds is 7. The van der Waals surface area contributed by atoms with E-state index in [2.05, 4.69) is 70.1 Å². The number of nitrogens with zero attached hydrogens (tertiary/aromatic N) is 4. The van der Waals surface area contributed by atoms with Crippen LogP contribution in [0.15, 0.2) is 22.9 Å². The van der Waals surface area contributed by atoms with Gasteiger partial charge in [0, 0.05) is 31.9 Å². The van der Waals surface area contributed by atoms with Crippen LogP contribution in [0.1, 0.15) is 33.6 Å². The number of hydrogen-bond donors (Lipinski definition) is 1. The lowest BCUT2D eigenvalue weighted by molar-refractivity contribution is 0.166. The molecule has 1 fully saturated rings. The van der Waals surface area contributed by atoms with Gasteiger partial charge in [0.15, 0.2) is 14.0 Å². The molecule has 0 aliphatic carbocycles. The van der Waals surface area contributed by atoms with Crippen molar-refractivity contribution in [3.8, 4) is 0 Å². The van der Waals surface area contributed by atoms with Crippen molar-refractivity contribution in [2.75, 3.05) is 31.6 Å². The van der Waals surface area contributed by atoms with E-state index in [9.17, 15) is 0 Å². The Morgan fingerprint density at radius 1 is 1.37 bits per heavy atom. The Morgan fingerprint density at radius 3 is 2.89 bits per heavy atom. The van der Waals surface area contributed by atoms with Gasteiger partial charge >= 0.3 is 0 Å². The summed E-state index contributed by atoms with van der Waals surface area (Å²) in [5.41, 5.74) is 0.835. The molecule has 1 aliphatic rings. The second-order valence-electron chi connectivity index (χ2n) is 8.90. The molecule has 8 heteroatoms. The molecule has 27 heavy (non-hydrogen) atoms. The largest absolute Gasteiger partial charge is 0.415 e. The SMILES string of the molecule is CC(C)(C)[Si](C)(C)OC[C@@H]1CCCN1CCNc1ccn2ncc(Br)c2n1. The topological polar surface area (TPSA) is 54.7 Å². The van der Waals surface area contributed by atoms with E-state index in [1.54, 1.807) is 10.7 Å². The molecular weight excluding hydrogens is 422 g/mol. The predicted octanol–water partition coefficient (Wildman–Crippen LogP) is 4.39. The second-order valence-corrected chi connectivity index (χ2v) is 14.6. The van der Waals surface area contributed by atoms with Crippen LogP contribution in [0.5, 0.6) is 0 Å². The van der Waals surface area contributed by atoms with E-state index in [1.807, 2.05) is 12.3 Å². The molecule has 3 rings (SSSR count). The molecule has 3 heterocycles. The molecule has 150 valence electrons. The predicted molar refractivity (Wildman–Crippen MR) is 117 cm³/mol. The summed E-state index contributed by atoms with van der Waals surface area (Å²) in [6.07, 6.45) is 6.20. The summed E-state index contributed by atoms with van der Waals surface area (Å²) in [5.74, 6) is 0.886. The van der Waals surface area contributed by atoms with E-state index in [4.69, 9.17) is 4.43 Å². The summed E-state index contributed by atoms with van der Waals surface area (Å²) >= 11 is 3.49. The number of halogens is 1. The number of aromatic nitrogens is 3. The van der Waals surface area contributed by atoms with Gasteiger partial charge in [0.1, 0.15) is 5.82 Å². The first-order valence-electron chi connectivity index (χ1n) is 9.79. The Bertz CT molecular complexity index is 773. The monoisotopic (exact) mass is 453 g/mol. The van der Waals surface area contributed by atoms with Crippen LogP contribution in [0.25, 0.3) is 5.65 Å². The van der Waals surface area contributed by atoms with Gasteiger partial charge in [0.25, 0.3) is 0 Å². The molecule has 1 atom stereocenters. The Kier molecular flexibility index (Phi) is 6.30. The molecule has 0 saturated carbocycles. The maximum atomic E-state index is 6.47. The van der Waals surface area contributed by atoms with Crippen molar-refractivity contribution >= 4 is 35.7 Å². The highest BCUT2D eigenvalue weighted by Gasteiger charge is 2.38. The minimum absolute atomic E-state index is 0.268. The van der Waals surface area contributed by atoms with Gasteiger partial charge in [-0.1, -0.05) is 20.8 Å². The van der Waals surface area contributed by atoms with E-state index in [0.717, 1.165) is 42.2 Å². The summed E-state index contributed by atoms with van der Waals surface area (Å²) in [6.45, 7) is 15.5. The van der Waals surface area contributed by atoms with Crippen LogP contribution >= 0.6 is 15.9 Å². The van der Waals surface area contributed by atoms with Gasteiger partial charge in [-0.2, -0.15) is 5.10 Å². The van der Waals surface area contributed by atoms with Crippen LogP contribution < -0.4 is 5.32 Å². The standard InChI is InChI=1S/C19H32BrN5OSi/c1-19(2,3)27(4,5)26-14-15-7-6-10-24(15)12-9-21-17-8-11-25-18(23-17)16(20)13-22-25/h8,11,13,15H,6-7,9-10,12,14H2,1-5H3,(H,21,23)/t15-/m0/s1. The van der Waals surface area contributed by atoms with Crippen LogP contribution in [-0.2, 0) is 4.43 Å². The average Bonchev–Trinajstić information content (AvgIpc) is 3.19. The lowest BCUT2D eigenvalue weighted by Gasteiger charge is -2.38. The van der Waals surface area contributed by atoms with E-state index in [-0.39, 0.29) is 5.04 Å². The first kappa shape index (κ1) is 20.8. The zero-order valence-electron chi connectivity index (χ0n) is 17.1. The van der Waals surface area contributed by atoms with Gasteiger partial charge in [0.2, 0.25) is 0 Å². The summed E-state index contributed by atoms with van der Waals surface area (Å²) in [6, 6.07) is 2.51. The molecule has 0 unspecified atom stereocenters. The van der Waals surface area contributed by atoms with Crippen LogP contribution in [0.2, 0.25) is 18.1 Å². The molecule has 0 bridgehead atoms. The molecule has 0 aromatic carbocycles. The van der Waals surface area contributed by atoms with Crippen molar-refractivity contribution in [3.63, 3.8) is 0 Å². The second kappa shape index (κ2) is 8.19. The van der Waals surface area contributed by atoms with Crippen molar-refractivity contribution in [1.29, 1.82) is 0 Å². The summed E-state index contributed by atoms with van der Waals surface area (Å²) in [7, 11) is -1.68. The minimum atomic E-state index is -1.68. The normalized spacial score (nSPS) is 19.1. The molecule has 1 saturated heterocycles. The Labute approximate surface area is 171 Å². The van der Waals surface area contributed by atoms with Gasteiger partial charge in [-0.15, -0.1) is 0 Å². The van der Waals surface area contributed by atoms with Crippen LogP contribution in [0.4, 0.5) is 5.82 Å². The highest BCUT2D eigenvalue weighted by atomic mass is 79.9. The van der Waals surface area contributed by atoms with Crippen LogP contribution in [-0.4, -0.2) is 60.1 Å². The van der Waals surface area contributed by atoms with Gasteiger partial charge in [-0.05, 0) is 59.5 Å². The summed E-state index contributed by atoms with van der Waals surface area (Å²) in [5, 5.41) is 7.95. The summed E-state index contributed by atoms with van der Waals surface area (Å²) in [4.78, 5) is 7.18. The summed E-state index contributed by atoms with van der Waals surface area (Å²) < 4.78 is 9.15. The van der Waals surface area contributed by atoms with Gasteiger partial charge in [-0.25, -0.2) is 9.50 Å². The number of fused-ring (bicyclic) bond motifs is 1. The van der Waals surface area contributed by atoms with Gasteiger partial charge < -0.3 is 9.74 Å².